The maximum absolute atomic E-state index is 12.6. The smallest absolute Gasteiger partial charge is 0.316 e. The predicted octanol–water partition coefficient (Wildman–Crippen LogP) is 3.12. The van der Waals surface area contributed by atoms with E-state index in [1.54, 1.807) is 31.2 Å². The largest absolute Gasteiger partial charge is 0.473 e. The van der Waals surface area contributed by atoms with Crippen LogP contribution in [0.15, 0.2) is 47.5 Å². The van der Waals surface area contributed by atoms with E-state index in [0.717, 1.165) is 16.4 Å². The van der Waals surface area contributed by atoms with E-state index in [9.17, 15) is 8.42 Å². The van der Waals surface area contributed by atoms with Crippen LogP contribution in [-0.4, -0.2) is 48.0 Å². The van der Waals surface area contributed by atoms with Crippen molar-refractivity contribution in [2.45, 2.75) is 20.3 Å². The molecule has 32 heavy (non-hydrogen) atoms. The summed E-state index contributed by atoms with van der Waals surface area (Å²) >= 11 is 3.33. The van der Waals surface area contributed by atoms with Gasteiger partial charge in [-0.1, -0.05) is 35.0 Å². The van der Waals surface area contributed by atoms with Crippen molar-refractivity contribution in [2.24, 2.45) is 0 Å². The molecule has 0 saturated carbocycles. The minimum absolute atomic E-state index is 0.0305. The van der Waals surface area contributed by atoms with E-state index in [-0.39, 0.29) is 29.7 Å². The number of hydrogen-bond donors (Lipinski definition) is 2. The van der Waals surface area contributed by atoms with Crippen LogP contribution in [0.25, 0.3) is 11.1 Å². The number of hydrogen-bond acceptors (Lipinski definition) is 8. The van der Waals surface area contributed by atoms with Crippen LogP contribution in [0.5, 0.6) is 11.9 Å². The van der Waals surface area contributed by atoms with Crippen LogP contribution >= 0.6 is 15.9 Å². The van der Waals surface area contributed by atoms with E-state index in [1.807, 2.05) is 4.72 Å². The van der Waals surface area contributed by atoms with Gasteiger partial charge < -0.3 is 9.47 Å². The maximum atomic E-state index is 12.6. The first kappa shape index (κ1) is 18.7. The average molecular weight is 527 g/mol. The summed E-state index contributed by atoms with van der Waals surface area (Å²) in [6.45, 7) is -1.95. The number of aromatic nitrogens is 4. The second-order valence-corrected chi connectivity index (χ2v) is 8.56. The van der Waals surface area contributed by atoms with Crippen LogP contribution in [0.1, 0.15) is 24.4 Å². The molecule has 0 unspecified atom stereocenters. The number of aryl methyl sites for hydroxylation is 1. The minimum Gasteiger partial charge on any atom is -0.473 e. The minimum atomic E-state index is -4.42. The lowest BCUT2D eigenvalue weighted by atomic mass is 10.1. The molecule has 0 bridgehead atoms. The van der Waals surface area contributed by atoms with Gasteiger partial charge in [0.1, 0.15) is 19.5 Å². The number of nitrogens with one attached hydrogen (secondary N) is 2. The van der Waals surface area contributed by atoms with Gasteiger partial charge in [-0.25, -0.2) is 19.9 Å². The van der Waals surface area contributed by atoms with Crippen molar-refractivity contribution in [2.75, 3.05) is 24.4 Å². The fraction of sp³-hybridized carbons (Fsp3) is 0.300. The number of nitrogens with zero attached hydrogens (tertiary/aromatic N) is 4. The van der Waals surface area contributed by atoms with Gasteiger partial charge in [0, 0.05) is 26.1 Å². The quantitative estimate of drug-likeness (QED) is 0.389. The van der Waals surface area contributed by atoms with E-state index in [4.69, 9.17) is 15.0 Å². The van der Waals surface area contributed by atoms with Crippen LogP contribution in [0, 0.1) is 6.92 Å². The third-order valence-electron chi connectivity index (χ3n) is 3.75. The molecule has 2 heterocycles. The number of rotatable bonds is 11. The van der Waals surface area contributed by atoms with Gasteiger partial charge in [0.15, 0.2) is 5.82 Å². The molecular weight excluding hydrogens is 500 g/mol. The summed E-state index contributed by atoms with van der Waals surface area (Å²) in [4.78, 5) is 15.9. The van der Waals surface area contributed by atoms with Crippen LogP contribution in [0.2, 0.25) is 0 Å². The topological polar surface area (TPSA) is 128 Å². The average Bonchev–Trinajstić information content (AvgIpc) is 2.78. The molecule has 0 radical (unpaired) electrons. The zero-order valence-corrected chi connectivity index (χ0v) is 19.6. The number of benzene rings is 1. The lowest BCUT2D eigenvalue weighted by Gasteiger charge is -2.15. The van der Waals surface area contributed by atoms with Crippen molar-refractivity contribution in [3.05, 3.63) is 53.0 Å². The van der Waals surface area contributed by atoms with Gasteiger partial charge >= 0.3 is 6.01 Å². The molecule has 0 saturated heterocycles. The summed E-state index contributed by atoms with van der Waals surface area (Å²) in [5.41, 5.74) is 1.24. The molecule has 170 valence electrons. The summed E-state index contributed by atoms with van der Waals surface area (Å²) in [5, 5.41) is 0. The summed E-state index contributed by atoms with van der Waals surface area (Å²) in [5.74, 6) is -0.526. The molecule has 12 heteroatoms. The molecule has 0 atom stereocenters. The summed E-state index contributed by atoms with van der Waals surface area (Å²) in [7, 11) is -4.42. The molecular formula is C20H23BrN6O4S. The molecule has 0 aliphatic heterocycles. The van der Waals surface area contributed by atoms with Gasteiger partial charge in [0.25, 0.3) is 10.2 Å². The summed E-state index contributed by atoms with van der Waals surface area (Å²) in [6, 6.07) is 6.57. The van der Waals surface area contributed by atoms with E-state index in [1.165, 1.54) is 19.3 Å². The van der Waals surface area contributed by atoms with Gasteiger partial charge in [-0.2, -0.15) is 13.1 Å². The van der Waals surface area contributed by atoms with Crippen LogP contribution < -0.4 is 18.9 Å². The molecule has 3 rings (SSSR count). The molecule has 0 fully saturated rings. The highest BCUT2D eigenvalue weighted by Gasteiger charge is 2.19. The van der Waals surface area contributed by atoms with Gasteiger partial charge in [-0.05, 0) is 36.6 Å². The first-order valence-electron chi connectivity index (χ1n) is 11.3. The summed E-state index contributed by atoms with van der Waals surface area (Å²) < 4.78 is 72.8. The van der Waals surface area contributed by atoms with E-state index < -0.39 is 29.9 Å². The Bertz CT molecular complexity index is 1300. The molecule has 10 nitrogen and oxygen atoms in total. The van der Waals surface area contributed by atoms with Crippen molar-refractivity contribution in [3.8, 4) is 23.0 Å². The first-order valence-corrected chi connectivity index (χ1v) is 11.6. The summed E-state index contributed by atoms with van der Waals surface area (Å²) in [6.07, 6.45) is 3.91. The fourth-order valence-electron chi connectivity index (χ4n) is 2.37. The van der Waals surface area contributed by atoms with Crippen LogP contribution in [0.3, 0.4) is 0 Å². The number of halogens is 1. The fourth-order valence-corrected chi connectivity index (χ4v) is 3.43. The van der Waals surface area contributed by atoms with Crippen molar-refractivity contribution in [1.29, 1.82) is 0 Å². The van der Waals surface area contributed by atoms with E-state index >= 15 is 0 Å². The predicted molar refractivity (Wildman–Crippen MR) is 124 cm³/mol. The normalized spacial score (nSPS) is 14.0. The Hall–Kier alpha value is -2.83. The maximum Gasteiger partial charge on any atom is 0.316 e. The molecule has 3 aromatic rings. The monoisotopic (exact) mass is 526 g/mol. The Kier molecular flexibility index (Phi) is 6.53. The third kappa shape index (κ3) is 6.84. The zero-order valence-electron chi connectivity index (χ0n) is 21.2. The molecule has 1 aromatic carbocycles. The Morgan fingerprint density at radius 2 is 1.81 bits per heavy atom. The van der Waals surface area contributed by atoms with Crippen molar-refractivity contribution in [3.63, 3.8) is 0 Å². The number of anilines is 1. The van der Waals surface area contributed by atoms with E-state index in [0.29, 0.717) is 5.56 Å². The Morgan fingerprint density at radius 3 is 2.50 bits per heavy atom. The van der Waals surface area contributed by atoms with Gasteiger partial charge in [0.2, 0.25) is 5.88 Å². The first-order chi connectivity index (χ1) is 16.8. The van der Waals surface area contributed by atoms with E-state index in [2.05, 4.69) is 40.6 Å². The molecule has 2 aromatic heterocycles. The third-order valence-corrected chi connectivity index (χ3v) is 5.15. The second kappa shape index (κ2) is 11.2. The van der Waals surface area contributed by atoms with Crippen LogP contribution in [-0.2, 0) is 10.2 Å². The highest BCUT2D eigenvalue weighted by molar-refractivity contribution is 9.10. The lowest BCUT2D eigenvalue weighted by Crippen LogP contribution is -2.31. The van der Waals surface area contributed by atoms with Gasteiger partial charge in [0.05, 0.1) is 8.30 Å². The Balaban J connectivity index is 1.94. The Morgan fingerprint density at radius 1 is 1.09 bits per heavy atom. The SMILES string of the molecule is [2H]C([2H])(CC)NS(=O)(=O)Nc1ncnc(OC([2H])([2H])COc2ncc(C)cn2)c1-c1ccc(Br)cc1. The second-order valence-electron chi connectivity index (χ2n) is 6.23. The van der Waals surface area contributed by atoms with Crippen molar-refractivity contribution >= 4 is 32.0 Å². The Labute approximate surface area is 200 Å². The highest BCUT2D eigenvalue weighted by Crippen LogP contribution is 2.34. The van der Waals surface area contributed by atoms with Crippen molar-refractivity contribution < 1.29 is 23.4 Å². The number of ether oxygens (including phenoxy) is 2. The molecule has 0 aliphatic rings. The highest BCUT2D eigenvalue weighted by atomic mass is 79.9. The molecule has 0 spiro atoms. The molecule has 0 amide bonds. The molecule has 0 aliphatic carbocycles. The molecule has 2 N–H and O–H groups in total. The zero-order chi connectivity index (χ0) is 26.6. The standard InChI is InChI=1S/C20H23BrN6O4S/c1-3-8-26-32(28,29)27-18-17(15-4-6-16(21)7-5-15)19(25-13-24-18)30-9-10-31-20-22-11-14(2)12-23-20/h4-7,11-13,26H,3,8-10H2,1-2H3,(H,24,25,27)/i8D2,9D2. The van der Waals surface area contributed by atoms with Crippen molar-refractivity contribution in [1.82, 2.24) is 24.7 Å². The van der Waals surface area contributed by atoms with Crippen LogP contribution in [0.4, 0.5) is 5.82 Å². The van der Waals surface area contributed by atoms with Gasteiger partial charge in [-0.3, -0.25) is 4.72 Å². The lowest BCUT2D eigenvalue weighted by molar-refractivity contribution is 0.202. The van der Waals surface area contributed by atoms with Gasteiger partial charge in [-0.15, -0.1) is 0 Å².